The Morgan fingerprint density at radius 3 is 1.80 bits per heavy atom. The van der Waals surface area contributed by atoms with Gasteiger partial charge in [0.2, 0.25) is 0 Å². The van der Waals surface area contributed by atoms with Crippen molar-refractivity contribution in [3.63, 3.8) is 0 Å². The maximum Gasteiger partial charge on any atom is 0.157 e. The van der Waals surface area contributed by atoms with Gasteiger partial charge in [0.15, 0.2) is 6.33 Å². The molecule has 1 radical (unpaired) electrons. The zero-order valence-electron chi connectivity index (χ0n) is 3.38. The number of rotatable bonds is 0. The normalized spacial score (nSPS) is 7.00. The molecule has 0 spiro atoms. The zero-order valence-corrected chi connectivity index (χ0v) is 3.38. The Bertz CT molecular complexity index is 41.6. The van der Waals surface area contributed by atoms with Crippen molar-refractivity contribution >= 4 is 0 Å². The molecule has 0 aliphatic heterocycles. The molecule has 5 heavy (non-hydrogen) atoms. The molecular formula is C4H6F. The third-order valence-corrected chi connectivity index (χ3v) is 0.189. The van der Waals surface area contributed by atoms with E-state index in [2.05, 4.69) is 0 Å². The van der Waals surface area contributed by atoms with E-state index in [0.29, 0.717) is 5.57 Å². The average Bonchev–Trinajstić information content (AvgIpc) is 1.38. The van der Waals surface area contributed by atoms with Gasteiger partial charge in [-0.3, -0.25) is 0 Å². The van der Waals surface area contributed by atoms with Gasteiger partial charge in [-0.2, -0.15) is 0 Å². The van der Waals surface area contributed by atoms with E-state index in [1.807, 2.05) is 0 Å². The molecule has 0 saturated heterocycles. The Morgan fingerprint density at radius 2 is 1.80 bits per heavy atom. The van der Waals surface area contributed by atoms with E-state index in [9.17, 15) is 4.39 Å². The third kappa shape index (κ3) is 3.67. The molecule has 0 bridgehead atoms. The van der Waals surface area contributed by atoms with Gasteiger partial charge in [0.1, 0.15) is 0 Å². The van der Waals surface area contributed by atoms with E-state index in [1.165, 1.54) is 6.33 Å². The van der Waals surface area contributed by atoms with Crippen LogP contribution in [-0.4, -0.2) is 0 Å². The minimum atomic E-state index is 0.588. The fraction of sp³-hybridized carbons (Fsp3) is 0.500. The van der Waals surface area contributed by atoms with Crippen LogP contribution in [-0.2, 0) is 0 Å². The van der Waals surface area contributed by atoms with Gasteiger partial charge in [0.25, 0.3) is 0 Å². The van der Waals surface area contributed by atoms with Crippen LogP contribution < -0.4 is 0 Å². The van der Waals surface area contributed by atoms with Gasteiger partial charge in [-0.05, 0) is 19.4 Å². The molecule has 0 heterocycles. The molecule has 1 heteroatoms. The maximum absolute atomic E-state index is 10.8. The zero-order chi connectivity index (χ0) is 4.28. The molecule has 0 nitrogen and oxygen atoms in total. The van der Waals surface area contributed by atoms with Crippen LogP contribution in [0.3, 0.4) is 0 Å². The van der Waals surface area contributed by atoms with Gasteiger partial charge >= 0.3 is 0 Å². The van der Waals surface area contributed by atoms with Crippen molar-refractivity contribution in [2.45, 2.75) is 13.8 Å². The predicted molar refractivity (Wildman–Crippen MR) is 19.2 cm³/mol. The van der Waals surface area contributed by atoms with Gasteiger partial charge in [-0.1, -0.05) is 0 Å². The van der Waals surface area contributed by atoms with Crippen LogP contribution in [0, 0.1) is 6.33 Å². The molecule has 0 aromatic rings. The summed E-state index contributed by atoms with van der Waals surface area (Å²) in [6.07, 6.45) is 1.44. The van der Waals surface area contributed by atoms with Gasteiger partial charge in [-0.25, -0.2) is 4.39 Å². The lowest BCUT2D eigenvalue weighted by atomic mass is 10.4. The minimum Gasteiger partial charge on any atom is -0.204 e. The minimum absolute atomic E-state index is 0.588. The Morgan fingerprint density at radius 1 is 1.60 bits per heavy atom. The van der Waals surface area contributed by atoms with Crippen molar-refractivity contribution in [2.75, 3.05) is 0 Å². The quantitative estimate of drug-likeness (QED) is 0.409. The van der Waals surface area contributed by atoms with E-state index in [4.69, 9.17) is 0 Å². The van der Waals surface area contributed by atoms with Crippen LogP contribution in [0.1, 0.15) is 13.8 Å². The maximum atomic E-state index is 10.8. The van der Waals surface area contributed by atoms with Crippen LogP contribution in [0.15, 0.2) is 5.57 Å². The second-order valence-electron chi connectivity index (χ2n) is 1.09. The van der Waals surface area contributed by atoms with Crippen molar-refractivity contribution in [2.24, 2.45) is 0 Å². The summed E-state index contributed by atoms with van der Waals surface area (Å²) < 4.78 is 10.8. The molecule has 0 N–H and O–H groups in total. The highest BCUT2D eigenvalue weighted by Crippen LogP contribution is 1.83. The molecule has 0 atom stereocenters. The highest BCUT2D eigenvalue weighted by atomic mass is 19.1. The molecule has 29 valence electrons. The molecule has 0 amide bonds. The largest absolute Gasteiger partial charge is 0.204 e. The Balaban J connectivity index is 3.14. The van der Waals surface area contributed by atoms with Crippen molar-refractivity contribution < 1.29 is 4.39 Å². The van der Waals surface area contributed by atoms with Crippen molar-refractivity contribution in [3.8, 4) is 0 Å². The molecule has 0 saturated carbocycles. The summed E-state index contributed by atoms with van der Waals surface area (Å²) in [4.78, 5) is 0. The van der Waals surface area contributed by atoms with Gasteiger partial charge in [0, 0.05) is 0 Å². The number of hydrogen-bond donors (Lipinski definition) is 0. The average molecular weight is 73.1 g/mol. The van der Waals surface area contributed by atoms with Crippen molar-refractivity contribution in [3.05, 3.63) is 11.9 Å². The first-order valence-electron chi connectivity index (χ1n) is 1.44. The predicted octanol–water partition coefficient (Wildman–Crippen LogP) is 1.68. The van der Waals surface area contributed by atoms with Crippen molar-refractivity contribution in [1.29, 1.82) is 0 Å². The van der Waals surface area contributed by atoms with E-state index in [1.54, 1.807) is 13.8 Å². The van der Waals surface area contributed by atoms with E-state index < -0.39 is 0 Å². The Hall–Kier alpha value is -0.330. The van der Waals surface area contributed by atoms with Crippen LogP contribution in [0.4, 0.5) is 4.39 Å². The van der Waals surface area contributed by atoms with Gasteiger partial charge in [-0.15, -0.1) is 0 Å². The second kappa shape index (κ2) is 1.94. The smallest absolute Gasteiger partial charge is 0.157 e. The molecule has 0 aliphatic carbocycles. The SMILES string of the molecule is CC(C)=[C]F. The summed E-state index contributed by atoms with van der Waals surface area (Å²) in [6.45, 7) is 3.31. The first kappa shape index (κ1) is 4.67. The van der Waals surface area contributed by atoms with Crippen LogP contribution >= 0.6 is 0 Å². The van der Waals surface area contributed by atoms with Crippen molar-refractivity contribution in [1.82, 2.24) is 0 Å². The van der Waals surface area contributed by atoms with Gasteiger partial charge in [0.05, 0.1) is 0 Å². The van der Waals surface area contributed by atoms with Crippen LogP contribution in [0.5, 0.6) is 0 Å². The summed E-state index contributed by atoms with van der Waals surface area (Å²) in [5.41, 5.74) is 0.588. The number of allylic oxidation sites excluding steroid dienone is 1. The molecule has 0 rings (SSSR count). The van der Waals surface area contributed by atoms with E-state index in [-0.39, 0.29) is 0 Å². The lowest BCUT2D eigenvalue weighted by molar-refractivity contribution is 0.671. The van der Waals surface area contributed by atoms with Gasteiger partial charge < -0.3 is 0 Å². The Kier molecular flexibility index (Phi) is 1.81. The Labute approximate surface area is 31.3 Å². The standard InChI is InChI=1S/C4H6F/c1-4(2)3-5/h1-2H3. The fourth-order valence-electron chi connectivity index (χ4n) is 0. The second-order valence-corrected chi connectivity index (χ2v) is 1.09. The highest BCUT2D eigenvalue weighted by Gasteiger charge is 1.66. The number of hydrogen-bond acceptors (Lipinski definition) is 0. The molecule has 0 unspecified atom stereocenters. The molecule has 0 aromatic carbocycles. The highest BCUT2D eigenvalue weighted by molar-refractivity contribution is 4.79. The molecular weight excluding hydrogens is 67.0 g/mol. The molecule has 0 aromatic heterocycles. The summed E-state index contributed by atoms with van der Waals surface area (Å²) in [7, 11) is 0. The lowest BCUT2D eigenvalue weighted by Gasteiger charge is -1.68. The topological polar surface area (TPSA) is 0 Å². The molecule has 0 aliphatic rings. The molecule has 0 fully saturated rings. The first-order chi connectivity index (χ1) is 2.27. The van der Waals surface area contributed by atoms with Crippen LogP contribution in [0.2, 0.25) is 0 Å². The fourth-order valence-corrected chi connectivity index (χ4v) is 0. The summed E-state index contributed by atoms with van der Waals surface area (Å²) >= 11 is 0. The van der Waals surface area contributed by atoms with E-state index >= 15 is 0 Å². The van der Waals surface area contributed by atoms with E-state index in [0.717, 1.165) is 0 Å². The number of halogens is 1. The summed E-state index contributed by atoms with van der Waals surface area (Å²) in [5, 5.41) is 0. The first-order valence-corrected chi connectivity index (χ1v) is 1.44. The van der Waals surface area contributed by atoms with Crippen LogP contribution in [0.25, 0.3) is 0 Å². The summed E-state index contributed by atoms with van der Waals surface area (Å²) in [6, 6.07) is 0. The summed E-state index contributed by atoms with van der Waals surface area (Å²) in [5.74, 6) is 0. The monoisotopic (exact) mass is 73.0 g/mol. The third-order valence-electron chi connectivity index (χ3n) is 0.189. The lowest BCUT2D eigenvalue weighted by Crippen LogP contribution is -1.51.